The fourth-order valence-corrected chi connectivity index (χ4v) is 4.65. The number of ether oxygens (including phenoxy) is 1. The largest absolute Gasteiger partial charge is 0.360 e. The number of anilines is 2. The van der Waals surface area contributed by atoms with Crippen LogP contribution in [0.4, 0.5) is 11.5 Å². The number of aryl methyl sites for hydroxylation is 1. The first kappa shape index (κ1) is 18.1. The lowest BCUT2D eigenvalue weighted by atomic mass is 9.76. The van der Waals surface area contributed by atoms with Crippen molar-refractivity contribution in [2.45, 2.75) is 38.4 Å². The third-order valence-corrected chi connectivity index (χ3v) is 6.14. The summed E-state index contributed by atoms with van der Waals surface area (Å²) in [6.45, 7) is 6.36. The Bertz CT molecular complexity index is 1010. The van der Waals surface area contributed by atoms with Gasteiger partial charge in [0.2, 0.25) is 11.8 Å². The maximum atomic E-state index is 13.2. The summed E-state index contributed by atoms with van der Waals surface area (Å²) in [5, 5.41) is 6.93. The second-order valence-electron chi connectivity index (χ2n) is 8.39. The number of hydrogen-bond donors (Lipinski definition) is 1. The Morgan fingerprint density at radius 1 is 1.31 bits per heavy atom. The Kier molecular flexibility index (Phi) is 3.93. The Balaban J connectivity index is 1.39. The van der Waals surface area contributed by atoms with Crippen molar-refractivity contribution in [1.29, 1.82) is 0 Å². The number of aromatic nitrogens is 1. The van der Waals surface area contributed by atoms with E-state index < -0.39 is 17.4 Å². The number of hydrogen-bond acceptors (Lipinski definition) is 5. The quantitative estimate of drug-likeness (QED) is 0.807. The maximum Gasteiger partial charge on any atom is 0.235 e. The molecule has 2 amide bonds. The SMILES string of the molecule is Cc1cc(N2CC34C=CC(O3)C(C(=O)Nc3ccc(C(C)C)cc3)C4C2=O)no1. The first-order valence-corrected chi connectivity index (χ1v) is 9.91. The normalized spacial score (nSPS) is 29.7. The Morgan fingerprint density at radius 2 is 2.07 bits per heavy atom. The summed E-state index contributed by atoms with van der Waals surface area (Å²) in [7, 11) is 0. The van der Waals surface area contributed by atoms with Crippen molar-refractivity contribution in [2.75, 3.05) is 16.8 Å². The average molecular weight is 393 g/mol. The summed E-state index contributed by atoms with van der Waals surface area (Å²) in [6.07, 6.45) is 3.43. The highest BCUT2D eigenvalue weighted by Gasteiger charge is 2.67. The van der Waals surface area contributed by atoms with Crippen LogP contribution in [-0.4, -0.2) is 35.2 Å². The Labute approximate surface area is 168 Å². The smallest absolute Gasteiger partial charge is 0.235 e. The van der Waals surface area contributed by atoms with E-state index in [1.54, 1.807) is 17.9 Å². The van der Waals surface area contributed by atoms with E-state index in [9.17, 15) is 9.59 Å². The van der Waals surface area contributed by atoms with Gasteiger partial charge < -0.3 is 14.6 Å². The van der Waals surface area contributed by atoms with Crippen LogP contribution in [0.5, 0.6) is 0 Å². The van der Waals surface area contributed by atoms with Gasteiger partial charge in [0.1, 0.15) is 11.4 Å². The van der Waals surface area contributed by atoms with Gasteiger partial charge in [-0.2, -0.15) is 0 Å². The molecule has 3 aliphatic rings. The lowest BCUT2D eigenvalue weighted by Gasteiger charge is -2.23. The van der Waals surface area contributed by atoms with Gasteiger partial charge in [0.25, 0.3) is 0 Å². The number of fused-ring (bicyclic) bond motifs is 1. The Morgan fingerprint density at radius 3 is 2.72 bits per heavy atom. The molecule has 2 aromatic rings. The van der Waals surface area contributed by atoms with Crippen LogP contribution in [0.1, 0.15) is 31.1 Å². The molecule has 2 saturated heterocycles. The summed E-state index contributed by atoms with van der Waals surface area (Å²) in [5.41, 5.74) is 1.14. The summed E-state index contributed by atoms with van der Waals surface area (Å²) in [6, 6.07) is 9.53. The van der Waals surface area contributed by atoms with Crippen LogP contribution in [0.3, 0.4) is 0 Å². The van der Waals surface area contributed by atoms with Gasteiger partial charge in [0, 0.05) is 11.8 Å². The molecule has 1 aromatic heterocycles. The highest BCUT2D eigenvalue weighted by molar-refractivity contribution is 6.05. The van der Waals surface area contributed by atoms with Crippen molar-refractivity contribution >= 4 is 23.3 Å². The van der Waals surface area contributed by atoms with E-state index in [4.69, 9.17) is 9.26 Å². The van der Waals surface area contributed by atoms with Crippen molar-refractivity contribution in [3.05, 3.63) is 53.8 Å². The van der Waals surface area contributed by atoms with Crippen LogP contribution >= 0.6 is 0 Å². The maximum absolute atomic E-state index is 13.2. The minimum Gasteiger partial charge on any atom is -0.360 e. The van der Waals surface area contributed by atoms with E-state index in [2.05, 4.69) is 24.3 Å². The monoisotopic (exact) mass is 393 g/mol. The fraction of sp³-hybridized carbons (Fsp3) is 0.409. The van der Waals surface area contributed by atoms with Gasteiger partial charge in [-0.3, -0.25) is 14.5 Å². The van der Waals surface area contributed by atoms with E-state index in [1.165, 1.54) is 5.56 Å². The van der Waals surface area contributed by atoms with E-state index in [0.717, 1.165) is 5.69 Å². The summed E-state index contributed by atoms with van der Waals surface area (Å²) >= 11 is 0. The van der Waals surface area contributed by atoms with Crippen molar-refractivity contribution in [3.8, 4) is 0 Å². The van der Waals surface area contributed by atoms with E-state index >= 15 is 0 Å². The number of amides is 2. The van der Waals surface area contributed by atoms with Gasteiger partial charge >= 0.3 is 0 Å². The van der Waals surface area contributed by atoms with Crippen molar-refractivity contribution in [1.82, 2.24) is 5.16 Å². The van der Waals surface area contributed by atoms with Gasteiger partial charge in [-0.15, -0.1) is 0 Å². The molecule has 4 atom stereocenters. The van der Waals surface area contributed by atoms with Crippen molar-refractivity contribution < 1.29 is 18.8 Å². The van der Waals surface area contributed by atoms with Crippen LogP contribution in [0.15, 0.2) is 47.0 Å². The topological polar surface area (TPSA) is 84.7 Å². The van der Waals surface area contributed by atoms with Gasteiger partial charge in [0.05, 0.1) is 24.5 Å². The molecule has 4 heterocycles. The van der Waals surface area contributed by atoms with Crippen LogP contribution < -0.4 is 10.2 Å². The zero-order valence-electron chi connectivity index (χ0n) is 16.6. The zero-order valence-corrected chi connectivity index (χ0v) is 16.6. The van der Waals surface area contributed by atoms with Crippen LogP contribution in [0.25, 0.3) is 0 Å². The molecule has 2 bridgehead atoms. The minimum absolute atomic E-state index is 0.152. The highest BCUT2D eigenvalue weighted by atomic mass is 16.5. The molecule has 1 spiro atoms. The number of nitrogens with one attached hydrogen (secondary N) is 1. The number of carbonyl (C=O) groups excluding carboxylic acids is 2. The van der Waals surface area contributed by atoms with E-state index in [0.29, 0.717) is 24.0 Å². The molecular formula is C22H23N3O4. The number of carbonyl (C=O) groups is 2. The molecule has 1 aromatic carbocycles. The van der Waals surface area contributed by atoms with Gasteiger partial charge in [-0.1, -0.05) is 43.3 Å². The molecule has 29 heavy (non-hydrogen) atoms. The first-order chi connectivity index (χ1) is 13.9. The second kappa shape index (κ2) is 6.29. The molecule has 150 valence electrons. The van der Waals surface area contributed by atoms with Crippen LogP contribution in [0.2, 0.25) is 0 Å². The average Bonchev–Trinajstić information content (AvgIpc) is 3.43. The van der Waals surface area contributed by atoms with Crippen LogP contribution in [-0.2, 0) is 14.3 Å². The third kappa shape index (κ3) is 2.72. The molecule has 7 nitrogen and oxygen atoms in total. The second-order valence-corrected chi connectivity index (χ2v) is 8.39. The van der Waals surface area contributed by atoms with Gasteiger partial charge in [0.15, 0.2) is 5.82 Å². The highest BCUT2D eigenvalue weighted by Crippen LogP contribution is 2.52. The first-order valence-electron chi connectivity index (χ1n) is 9.91. The summed E-state index contributed by atoms with van der Waals surface area (Å²) < 4.78 is 11.3. The number of nitrogens with zero attached hydrogens (tertiary/aromatic N) is 2. The molecular weight excluding hydrogens is 370 g/mol. The summed E-state index contributed by atoms with van der Waals surface area (Å²) in [5.74, 6) is 0.0172. The Hall–Kier alpha value is -2.93. The molecule has 5 rings (SSSR count). The number of rotatable bonds is 4. The van der Waals surface area contributed by atoms with E-state index in [-0.39, 0.29) is 17.9 Å². The molecule has 0 aliphatic carbocycles. The van der Waals surface area contributed by atoms with Crippen molar-refractivity contribution in [2.24, 2.45) is 11.8 Å². The van der Waals surface area contributed by atoms with Crippen molar-refractivity contribution in [3.63, 3.8) is 0 Å². The lowest BCUT2D eigenvalue weighted by molar-refractivity contribution is -0.128. The standard InChI is InChI=1S/C22H23N3O4/c1-12(2)14-4-6-15(7-5-14)23-20(26)18-16-8-9-22(28-16)11-25(21(27)19(18)22)17-10-13(3)29-24-17/h4-10,12,16,18-19H,11H2,1-3H3,(H,23,26). The van der Waals surface area contributed by atoms with Gasteiger partial charge in [-0.05, 0) is 30.5 Å². The predicted octanol–water partition coefficient (Wildman–Crippen LogP) is 3.03. The molecule has 7 heteroatoms. The summed E-state index contributed by atoms with van der Waals surface area (Å²) in [4.78, 5) is 27.9. The molecule has 2 fully saturated rings. The van der Waals surface area contributed by atoms with E-state index in [1.807, 2.05) is 36.4 Å². The lowest BCUT2D eigenvalue weighted by Crippen LogP contribution is -2.41. The molecule has 0 radical (unpaired) electrons. The molecule has 1 N–H and O–H groups in total. The minimum atomic E-state index is -0.780. The fourth-order valence-electron chi connectivity index (χ4n) is 4.65. The molecule has 0 saturated carbocycles. The third-order valence-electron chi connectivity index (χ3n) is 6.14. The molecule has 4 unspecified atom stereocenters. The zero-order chi connectivity index (χ0) is 20.3. The van der Waals surface area contributed by atoms with Gasteiger partial charge in [-0.25, -0.2) is 0 Å². The predicted molar refractivity (Wildman–Crippen MR) is 106 cm³/mol. The number of benzene rings is 1. The van der Waals surface area contributed by atoms with Crippen LogP contribution in [0, 0.1) is 18.8 Å². The molecule has 3 aliphatic heterocycles.